The van der Waals surface area contributed by atoms with Crippen molar-refractivity contribution >= 4 is 15.8 Å². The second-order valence-electron chi connectivity index (χ2n) is 8.26. The van der Waals surface area contributed by atoms with Gasteiger partial charge in [-0.25, -0.2) is 13.4 Å². The number of nitrogens with one attached hydrogen (secondary N) is 2. The molecule has 0 aromatic heterocycles. The highest BCUT2D eigenvalue weighted by molar-refractivity contribution is 7.89. The predicted octanol–water partition coefficient (Wildman–Crippen LogP) is 2.95. The first-order chi connectivity index (χ1) is 14.9. The van der Waals surface area contributed by atoms with Crippen molar-refractivity contribution in [2.24, 2.45) is 4.99 Å². The first-order valence-corrected chi connectivity index (χ1v) is 13.0. The summed E-state index contributed by atoms with van der Waals surface area (Å²) < 4.78 is 22.9. The number of benzene rings is 2. The molecule has 0 aliphatic carbocycles. The van der Waals surface area contributed by atoms with Crippen LogP contribution >= 0.6 is 0 Å². The van der Waals surface area contributed by atoms with Crippen LogP contribution in [-0.2, 0) is 28.7 Å². The summed E-state index contributed by atoms with van der Waals surface area (Å²) in [4.78, 5) is 7.24. The van der Waals surface area contributed by atoms with Gasteiger partial charge < -0.3 is 10.6 Å². The molecule has 3 rings (SSSR count). The summed E-state index contributed by atoms with van der Waals surface area (Å²) in [6.45, 7) is 6.60. The maximum absolute atomic E-state index is 11.4. The number of likely N-dealkylation sites (tertiary alicyclic amines) is 1. The lowest BCUT2D eigenvalue weighted by atomic mass is 10.0. The molecule has 1 aliphatic heterocycles. The molecule has 168 valence electrons. The van der Waals surface area contributed by atoms with Gasteiger partial charge in [-0.3, -0.25) is 4.90 Å². The minimum atomic E-state index is -3.01. The van der Waals surface area contributed by atoms with Crippen LogP contribution in [0.5, 0.6) is 0 Å². The van der Waals surface area contributed by atoms with Crippen LogP contribution in [0.15, 0.2) is 59.6 Å². The van der Waals surface area contributed by atoms with E-state index in [1.807, 2.05) is 24.3 Å². The molecule has 0 spiro atoms. The number of sulfone groups is 1. The van der Waals surface area contributed by atoms with Crippen LogP contribution in [-0.4, -0.2) is 51.2 Å². The molecule has 7 heteroatoms. The van der Waals surface area contributed by atoms with Gasteiger partial charge in [-0.15, -0.1) is 0 Å². The Balaban J connectivity index is 1.49. The van der Waals surface area contributed by atoms with Gasteiger partial charge in [0.05, 0.1) is 12.3 Å². The summed E-state index contributed by atoms with van der Waals surface area (Å²) in [5, 5.41) is 6.93. The second kappa shape index (κ2) is 11.3. The molecule has 1 heterocycles. The van der Waals surface area contributed by atoms with Crippen molar-refractivity contribution in [3.05, 3.63) is 71.3 Å². The fourth-order valence-electron chi connectivity index (χ4n) is 3.80. The van der Waals surface area contributed by atoms with Gasteiger partial charge in [-0.05, 0) is 36.5 Å². The number of rotatable bonds is 8. The molecule has 6 nitrogen and oxygen atoms in total. The lowest BCUT2D eigenvalue weighted by Crippen LogP contribution is -2.48. The van der Waals surface area contributed by atoms with E-state index in [0.717, 1.165) is 56.1 Å². The Morgan fingerprint density at radius 3 is 2.26 bits per heavy atom. The first kappa shape index (κ1) is 23.3. The first-order valence-electron chi connectivity index (χ1n) is 11.0. The molecule has 2 aromatic rings. The summed E-state index contributed by atoms with van der Waals surface area (Å²) in [6, 6.07) is 18.7. The van der Waals surface area contributed by atoms with E-state index in [1.165, 1.54) is 11.8 Å². The van der Waals surface area contributed by atoms with Crippen LogP contribution in [0.4, 0.5) is 0 Å². The fraction of sp³-hybridized carbons (Fsp3) is 0.458. The van der Waals surface area contributed by atoms with E-state index in [4.69, 9.17) is 4.99 Å². The predicted molar refractivity (Wildman–Crippen MR) is 128 cm³/mol. The molecule has 0 saturated carbocycles. The van der Waals surface area contributed by atoms with Gasteiger partial charge >= 0.3 is 0 Å². The fourth-order valence-corrected chi connectivity index (χ4v) is 4.60. The molecular weight excluding hydrogens is 408 g/mol. The number of hydrogen-bond acceptors (Lipinski definition) is 4. The van der Waals surface area contributed by atoms with Crippen molar-refractivity contribution < 1.29 is 8.42 Å². The van der Waals surface area contributed by atoms with Crippen molar-refractivity contribution in [2.75, 3.05) is 25.9 Å². The lowest BCUT2D eigenvalue weighted by molar-refractivity contribution is 0.198. The van der Waals surface area contributed by atoms with Crippen molar-refractivity contribution in [1.29, 1.82) is 0 Å². The molecule has 31 heavy (non-hydrogen) atoms. The molecule has 2 aromatic carbocycles. The third-order valence-corrected chi connectivity index (χ3v) is 6.25. The minimum absolute atomic E-state index is 0.0731. The number of aliphatic imine (C=N–C) groups is 1. The van der Waals surface area contributed by atoms with Crippen LogP contribution in [0.3, 0.4) is 0 Å². The smallest absolute Gasteiger partial charge is 0.191 e. The molecule has 0 radical (unpaired) electrons. The number of hydrogen-bond donors (Lipinski definition) is 2. The molecule has 1 aliphatic rings. The average molecular weight is 443 g/mol. The van der Waals surface area contributed by atoms with Gasteiger partial charge in [0, 0.05) is 38.5 Å². The van der Waals surface area contributed by atoms with Gasteiger partial charge in [0.25, 0.3) is 0 Å². The summed E-state index contributed by atoms with van der Waals surface area (Å²) in [5.41, 5.74) is 3.24. The summed E-state index contributed by atoms with van der Waals surface area (Å²) in [7, 11) is -3.01. The molecule has 0 amide bonds. The zero-order valence-electron chi connectivity index (χ0n) is 18.5. The Hall–Kier alpha value is -2.38. The molecule has 0 bridgehead atoms. The van der Waals surface area contributed by atoms with Gasteiger partial charge in [-0.1, -0.05) is 54.6 Å². The Morgan fingerprint density at radius 2 is 1.65 bits per heavy atom. The van der Waals surface area contributed by atoms with E-state index in [-0.39, 0.29) is 5.75 Å². The third kappa shape index (κ3) is 8.34. The maximum atomic E-state index is 11.4. The zero-order chi connectivity index (χ0) is 22.1. The van der Waals surface area contributed by atoms with Crippen molar-refractivity contribution in [3.63, 3.8) is 0 Å². The van der Waals surface area contributed by atoms with E-state index in [9.17, 15) is 8.42 Å². The number of piperidine rings is 1. The summed E-state index contributed by atoms with van der Waals surface area (Å²) in [6.07, 6.45) is 3.45. The molecular formula is C24H34N4O2S. The molecule has 2 N–H and O–H groups in total. The van der Waals surface area contributed by atoms with Gasteiger partial charge in [0.15, 0.2) is 15.8 Å². The van der Waals surface area contributed by atoms with E-state index < -0.39 is 9.84 Å². The Labute approximate surface area is 186 Å². The Kier molecular flexibility index (Phi) is 8.49. The van der Waals surface area contributed by atoms with E-state index in [2.05, 4.69) is 52.8 Å². The molecule has 1 fully saturated rings. The number of guanidine groups is 1. The maximum Gasteiger partial charge on any atom is 0.191 e. The average Bonchev–Trinajstić information content (AvgIpc) is 2.74. The zero-order valence-corrected chi connectivity index (χ0v) is 19.4. The van der Waals surface area contributed by atoms with Gasteiger partial charge in [-0.2, -0.15) is 0 Å². The highest BCUT2D eigenvalue weighted by Crippen LogP contribution is 2.14. The van der Waals surface area contributed by atoms with E-state index >= 15 is 0 Å². The van der Waals surface area contributed by atoms with Gasteiger partial charge in [0.2, 0.25) is 0 Å². The highest BCUT2D eigenvalue weighted by atomic mass is 32.2. The van der Waals surface area contributed by atoms with Gasteiger partial charge in [0.1, 0.15) is 0 Å². The molecule has 1 saturated heterocycles. The third-order valence-electron chi connectivity index (χ3n) is 5.39. The minimum Gasteiger partial charge on any atom is -0.357 e. The van der Waals surface area contributed by atoms with E-state index in [0.29, 0.717) is 12.6 Å². The Morgan fingerprint density at radius 1 is 1.00 bits per heavy atom. The largest absolute Gasteiger partial charge is 0.357 e. The van der Waals surface area contributed by atoms with Crippen molar-refractivity contribution in [2.45, 2.75) is 44.6 Å². The van der Waals surface area contributed by atoms with Crippen molar-refractivity contribution in [1.82, 2.24) is 15.5 Å². The van der Waals surface area contributed by atoms with Crippen LogP contribution in [0, 0.1) is 0 Å². The topological polar surface area (TPSA) is 73.8 Å². The normalized spacial score (nSPS) is 16.3. The lowest BCUT2D eigenvalue weighted by Gasteiger charge is -2.33. The van der Waals surface area contributed by atoms with Crippen LogP contribution < -0.4 is 10.6 Å². The Bertz CT molecular complexity index is 935. The van der Waals surface area contributed by atoms with Crippen LogP contribution in [0.1, 0.15) is 36.5 Å². The summed E-state index contributed by atoms with van der Waals surface area (Å²) >= 11 is 0. The van der Waals surface area contributed by atoms with E-state index in [1.54, 1.807) is 0 Å². The summed E-state index contributed by atoms with van der Waals surface area (Å²) in [5.74, 6) is 0.910. The van der Waals surface area contributed by atoms with Crippen LogP contribution in [0.25, 0.3) is 0 Å². The quantitative estimate of drug-likeness (QED) is 0.486. The standard InChI is InChI=1S/C24H34N4O2S/c1-3-25-24(26-17-20-9-11-22(12-10-20)19-31(2,29)30)27-23-13-15-28(16-14-23)18-21-7-5-4-6-8-21/h4-12,23H,3,13-19H2,1-2H3,(H2,25,26,27). The highest BCUT2D eigenvalue weighted by Gasteiger charge is 2.20. The molecule has 0 unspecified atom stereocenters. The number of nitrogens with zero attached hydrogens (tertiary/aromatic N) is 2. The van der Waals surface area contributed by atoms with Crippen molar-refractivity contribution in [3.8, 4) is 0 Å². The van der Waals surface area contributed by atoms with Crippen LogP contribution in [0.2, 0.25) is 0 Å². The monoisotopic (exact) mass is 442 g/mol. The second-order valence-corrected chi connectivity index (χ2v) is 10.4. The molecule has 0 atom stereocenters. The SMILES string of the molecule is CCNC(=NCc1ccc(CS(C)(=O)=O)cc1)NC1CCN(Cc2ccccc2)CC1.